The van der Waals surface area contributed by atoms with E-state index in [-0.39, 0.29) is 5.91 Å². The van der Waals surface area contributed by atoms with Crippen LogP contribution in [0.4, 0.5) is 0 Å². The third-order valence-corrected chi connectivity index (χ3v) is 2.99. The summed E-state index contributed by atoms with van der Waals surface area (Å²) in [6, 6.07) is 0.314. The molecule has 15 heavy (non-hydrogen) atoms. The quantitative estimate of drug-likeness (QED) is 0.756. The van der Waals surface area contributed by atoms with Gasteiger partial charge in [-0.1, -0.05) is 0 Å². The smallest absolute Gasteiger partial charge is 0.220 e. The molecule has 84 valence electrons. The molecule has 0 radical (unpaired) electrons. The molecule has 0 saturated carbocycles. The van der Waals surface area contributed by atoms with Gasteiger partial charge in [0.15, 0.2) is 0 Å². The summed E-state index contributed by atoms with van der Waals surface area (Å²) in [5, 5.41) is 8.88. The Labute approximate surface area is 94.1 Å². The van der Waals surface area contributed by atoms with Crippen molar-refractivity contribution in [2.24, 2.45) is 0 Å². The summed E-state index contributed by atoms with van der Waals surface area (Å²) < 4.78 is 0. The van der Waals surface area contributed by atoms with Gasteiger partial charge in [-0.2, -0.15) is 0 Å². The van der Waals surface area contributed by atoms with E-state index in [1.165, 1.54) is 0 Å². The van der Waals surface area contributed by atoms with Crippen LogP contribution in [-0.2, 0) is 11.2 Å². The molecule has 1 heterocycles. The number of hydrogen-bond donors (Lipinski definition) is 2. The molecule has 1 unspecified atom stereocenters. The highest BCUT2D eigenvalue weighted by Crippen LogP contribution is 2.06. The van der Waals surface area contributed by atoms with Crippen LogP contribution in [0.3, 0.4) is 0 Å². The Morgan fingerprint density at radius 1 is 1.67 bits per heavy atom. The molecule has 1 amide bonds. The Morgan fingerprint density at radius 3 is 3.07 bits per heavy atom. The lowest BCUT2D eigenvalue weighted by atomic mass is 10.3. The number of hydrogen-bond acceptors (Lipinski definition) is 4. The van der Waals surface area contributed by atoms with Crippen molar-refractivity contribution in [1.29, 1.82) is 0 Å². The topological polar surface area (TPSA) is 54.0 Å². The third-order valence-electron chi connectivity index (χ3n) is 2.15. The van der Waals surface area contributed by atoms with E-state index < -0.39 is 0 Å². The summed E-state index contributed by atoms with van der Waals surface area (Å²) in [5.74, 6) is 0.0901. The number of likely N-dealkylation sites (N-methyl/N-ethyl adjacent to an activating group) is 1. The first-order valence-electron chi connectivity index (χ1n) is 5.04. The summed E-state index contributed by atoms with van der Waals surface area (Å²) in [5.41, 5.74) is 0. The molecular formula is C10H17N3OS. The molecule has 1 aromatic rings. The van der Waals surface area contributed by atoms with Crippen LogP contribution in [0.25, 0.3) is 0 Å². The number of amides is 1. The molecule has 5 heteroatoms. The van der Waals surface area contributed by atoms with E-state index in [1.807, 2.05) is 19.4 Å². The van der Waals surface area contributed by atoms with Crippen molar-refractivity contribution in [3.63, 3.8) is 0 Å². The fourth-order valence-electron chi connectivity index (χ4n) is 1.05. The minimum Gasteiger partial charge on any atom is -0.355 e. The van der Waals surface area contributed by atoms with Gasteiger partial charge in [0.05, 0.1) is 5.01 Å². The minimum absolute atomic E-state index is 0.0901. The summed E-state index contributed by atoms with van der Waals surface area (Å²) in [6.07, 6.45) is 3.02. The van der Waals surface area contributed by atoms with Gasteiger partial charge in [0.1, 0.15) is 0 Å². The predicted octanol–water partition coefficient (Wildman–Crippen LogP) is 0.800. The Balaban J connectivity index is 2.14. The van der Waals surface area contributed by atoms with E-state index in [4.69, 9.17) is 0 Å². The molecule has 0 aromatic carbocycles. The van der Waals surface area contributed by atoms with Crippen LogP contribution in [-0.4, -0.2) is 30.5 Å². The Bertz CT molecular complexity index is 287. The van der Waals surface area contributed by atoms with Gasteiger partial charge in [0.25, 0.3) is 0 Å². The highest BCUT2D eigenvalue weighted by molar-refractivity contribution is 7.09. The molecule has 2 N–H and O–H groups in total. The van der Waals surface area contributed by atoms with Gasteiger partial charge in [-0.25, -0.2) is 4.98 Å². The fraction of sp³-hybridized carbons (Fsp3) is 0.600. The van der Waals surface area contributed by atoms with Gasteiger partial charge in [-0.05, 0) is 14.0 Å². The van der Waals surface area contributed by atoms with Crippen molar-refractivity contribution in [3.8, 4) is 0 Å². The number of nitrogens with one attached hydrogen (secondary N) is 2. The summed E-state index contributed by atoms with van der Waals surface area (Å²) >= 11 is 1.59. The highest BCUT2D eigenvalue weighted by Gasteiger charge is 2.04. The number of nitrogens with zero attached hydrogens (tertiary/aromatic N) is 1. The lowest BCUT2D eigenvalue weighted by Crippen LogP contribution is -2.37. The van der Waals surface area contributed by atoms with Crippen molar-refractivity contribution in [3.05, 3.63) is 16.6 Å². The largest absolute Gasteiger partial charge is 0.355 e. The number of carbonyl (C=O) groups excluding carboxylic acids is 1. The molecule has 0 aliphatic carbocycles. The van der Waals surface area contributed by atoms with Crippen LogP contribution < -0.4 is 10.6 Å². The second-order valence-electron chi connectivity index (χ2n) is 3.42. The van der Waals surface area contributed by atoms with Gasteiger partial charge >= 0.3 is 0 Å². The van der Waals surface area contributed by atoms with Gasteiger partial charge in [0, 0.05) is 37.0 Å². The maximum absolute atomic E-state index is 11.4. The second kappa shape index (κ2) is 6.53. The monoisotopic (exact) mass is 227 g/mol. The standard InChI is InChI=1S/C10H17N3OS/c1-8(11-2)7-13-9(14)3-4-10-12-5-6-15-10/h5-6,8,11H,3-4,7H2,1-2H3,(H,13,14). The predicted molar refractivity (Wildman–Crippen MR) is 62.0 cm³/mol. The van der Waals surface area contributed by atoms with Crippen molar-refractivity contribution >= 4 is 17.2 Å². The molecule has 0 aliphatic heterocycles. The molecule has 0 fully saturated rings. The number of aromatic nitrogens is 1. The molecule has 1 atom stereocenters. The second-order valence-corrected chi connectivity index (χ2v) is 4.40. The number of rotatable bonds is 6. The van der Waals surface area contributed by atoms with Crippen molar-refractivity contribution in [2.75, 3.05) is 13.6 Å². The zero-order valence-electron chi connectivity index (χ0n) is 9.12. The van der Waals surface area contributed by atoms with E-state index in [2.05, 4.69) is 15.6 Å². The normalized spacial score (nSPS) is 12.4. The first-order valence-corrected chi connectivity index (χ1v) is 5.92. The molecule has 0 aliphatic rings. The molecule has 0 bridgehead atoms. The van der Waals surface area contributed by atoms with E-state index in [0.29, 0.717) is 19.0 Å². The van der Waals surface area contributed by atoms with Crippen LogP contribution in [0.2, 0.25) is 0 Å². The maximum Gasteiger partial charge on any atom is 0.220 e. The third kappa shape index (κ3) is 4.90. The van der Waals surface area contributed by atoms with Crippen LogP contribution >= 0.6 is 11.3 Å². The summed E-state index contributed by atoms with van der Waals surface area (Å²) in [4.78, 5) is 15.5. The molecule has 1 aromatic heterocycles. The number of aryl methyl sites for hydroxylation is 1. The minimum atomic E-state index is 0.0901. The summed E-state index contributed by atoms with van der Waals surface area (Å²) in [7, 11) is 1.88. The molecule has 1 rings (SSSR count). The Morgan fingerprint density at radius 2 is 2.47 bits per heavy atom. The zero-order valence-corrected chi connectivity index (χ0v) is 9.93. The van der Waals surface area contributed by atoms with Crippen molar-refractivity contribution in [2.45, 2.75) is 25.8 Å². The SMILES string of the molecule is CNC(C)CNC(=O)CCc1nccs1. The van der Waals surface area contributed by atoms with Crippen molar-refractivity contribution < 1.29 is 4.79 Å². The highest BCUT2D eigenvalue weighted by atomic mass is 32.1. The van der Waals surface area contributed by atoms with E-state index >= 15 is 0 Å². The summed E-state index contributed by atoms with van der Waals surface area (Å²) in [6.45, 7) is 2.70. The van der Waals surface area contributed by atoms with Crippen LogP contribution in [0, 0.1) is 0 Å². The van der Waals surface area contributed by atoms with E-state index in [0.717, 1.165) is 11.4 Å². The Hall–Kier alpha value is -0.940. The van der Waals surface area contributed by atoms with E-state index in [1.54, 1.807) is 17.5 Å². The lowest BCUT2D eigenvalue weighted by molar-refractivity contribution is -0.121. The maximum atomic E-state index is 11.4. The molecular weight excluding hydrogens is 210 g/mol. The first-order chi connectivity index (χ1) is 7.22. The number of carbonyl (C=O) groups is 1. The molecule has 0 saturated heterocycles. The van der Waals surface area contributed by atoms with Crippen LogP contribution in [0.1, 0.15) is 18.4 Å². The molecule has 4 nitrogen and oxygen atoms in total. The van der Waals surface area contributed by atoms with Gasteiger partial charge in [-0.3, -0.25) is 4.79 Å². The van der Waals surface area contributed by atoms with Crippen LogP contribution in [0.15, 0.2) is 11.6 Å². The van der Waals surface area contributed by atoms with Crippen LogP contribution in [0.5, 0.6) is 0 Å². The Kier molecular flexibility index (Phi) is 5.28. The zero-order chi connectivity index (χ0) is 11.1. The first kappa shape index (κ1) is 12.1. The van der Waals surface area contributed by atoms with E-state index in [9.17, 15) is 4.79 Å². The lowest BCUT2D eigenvalue weighted by Gasteiger charge is -2.10. The van der Waals surface area contributed by atoms with Gasteiger partial charge in [-0.15, -0.1) is 11.3 Å². The van der Waals surface area contributed by atoms with Crippen molar-refractivity contribution in [1.82, 2.24) is 15.6 Å². The van der Waals surface area contributed by atoms with Gasteiger partial charge < -0.3 is 10.6 Å². The van der Waals surface area contributed by atoms with Gasteiger partial charge in [0.2, 0.25) is 5.91 Å². The average Bonchev–Trinajstić information content (AvgIpc) is 2.75. The molecule has 0 spiro atoms. The average molecular weight is 227 g/mol. The number of thiazole rings is 1. The fourth-order valence-corrected chi connectivity index (χ4v) is 1.67.